The Balaban J connectivity index is 1.16. The maximum Gasteiger partial charge on any atom is 0.265 e. The number of sulfonamides is 1. The molecule has 6 rings (SSSR count). The number of aromatic nitrogens is 5. The molecule has 0 spiro atoms. The van der Waals surface area contributed by atoms with E-state index in [0.29, 0.717) is 43.9 Å². The van der Waals surface area contributed by atoms with Crippen molar-refractivity contribution in [3.8, 4) is 5.69 Å². The minimum atomic E-state index is -3.92. The summed E-state index contributed by atoms with van der Waals surface area (Å²) in [5.74, 6) is 0.225. The largest absolute Gasteiger partial charge is 0.337 e. The van der Waals surface area contributed by atoms with Gasteiger partial charge in [0, 0.05) is 28.4 Å². The number of amides is 1. The lowest BCUT2D eigenvalue weighted by Crippen LogP contribution is -2.27. The van der Waals surface area contributed by atoms with Gasteiger partial charge in [-0.2, -0.15) is 5.10 Å². The predicted octanol–water partition coefficient (Wildman–Crippen LogP) is 4.32. The van der Waals surface area contributed by atoms with E-state index in [1.807, 2.05) is 0 Å². The van der Waals surface area contributed by atoms with Gasteiger partial charge in [-0.25, -0.2) is 22.8 Å². The molecule has 1 aliphatic rings. The third kappa shape index (κ3) is 5.09. The molecule has 1 amide bonds. The van der Waals surface area contributed by atoms with Crippen molar-refractivity contribution in [2.75, 3.05) is 15.8 Å². The smallest absolute Gasteiger partial charge is 0.265 e. The number of carbonyl (C=O) groups excluding carboxylic acids is 1. The quantitative estimate of drug-likeness (QED) is 0.256. The number of rotatable bonds is 7. The fraction of sp³-hybridized carbons (Fsp3) is 0.192. The van der Waals surface area contributed by atoms with Crippen molar-refractivity contribution in [1.29, 1.82) is 0 Å². The molecular formula is C26H22ClN7O5S2. The standard InChI is InChI=1S/C26H22ClN7O5S2/c1-14-15(2)31-39-24(14)32-41(37,38)20-9-5-17(6-10-20)29-22(35)11-19-13-40-26-30-23-21(25(36)33(19)26)12-28-34(23)18-7-3-16(27)4-8-18/h3-10,12,19,32H,11,13H2,1-2H3,(H,29,35). The van der Waals surface area contributed by atoms with E-state index in [1.54, 1.807) is 42.8 Å². The van der Waals surface area contributed by atoms with Gasteiger partial charge in [-0.05, 0) is 62.4 Å². The van der Waals surface area contributed by atoms with E-state index in [1.165, 1.54) is 46.8 Å². The molecule has 15 heteroatoms. The second kappa shape index (κ2) is 10.4. The van der Waals surface area contributed by atoms with Crippen LogP contribution in [0.25, 0.3) is 16.7 Å². The molecule has 0 saturated carbocycles. The monoisotopic (exact) mass is 611 g/mol. The molecule has 210 valence electrons. The van der Waals surface area contributed by atoms with Crippen LogP contribution in [0.3, 0.4) is 0 Å². The number of hydrogen-bond donors (Lipinski definition) is 2. The predicted molar refractivity (Wildman–Crippen MR) is 154 cm³/mol. The summed E-state index contributed by atoms with van der Waals surface area (Å²) >= 11 is 7.39. The third-order valence-corrected chi connectivity index (χ3v) is 9.39. The number of aryl methyl sites for hydroxylation is 1. The van der Waals surface area contributed by atoms with Gasteiger partial charge in [-0.15, -0.1) is 0 Å². The first-order valence-electron chi connectivity index (χ1n) is 12.4. The Hall–Kier alpha value is -4.14. The molecule has 12 nitrogen and oxygen atoms in total. The van der Waals surface area contributed by atoms with E-state index in [4.69, 9.17) is 16.1 Å². The van der Waals surface area contributed by atoms with E-state index >= 15 is 0 Å². The summed E-state index contributed by atoms with van der Waals surface area (Å²) in [4.78, 5) is 30.9. The average Bonchev–Trinajstić information content (AvgIpc) is 3.64. The highest BCUT2D eigenvalue weighted by Crippen LogP contribution is 2.34. The number of thioether (sulfide) groups is 1. The fourth-order valence-corrected chi connectivity index (χ4v) is 6.69. The van der Waals surface area contributed by atoms with Crippen LogP contribution < -0.4 is 15.6 Å². The molecule has 41 heavy (non-hydrogen) atoms. The second-order valence-corrected chi connectivity index (χ2v) is 12.5. The Bertz CT molecular complexity index is 1970. The van der Waals surface area contributed by atoms with Gasteiger partial charge < -0.3 is 9.84 Å². The first-order valence-corrected chi connectivity index (χ1v) is 15.2. The van der Waals surface area contributed by atoms with Gasteiger partial charge >= 0.3 is 0 Å². The molecule has 0 radical (unpaired) electrons. The van der Waals surface area contributed by atoms with Crippen LogP contribution in [-0.4, -0.2) is 44.6 Å². The molecular weight excluding hydrogens is 590 g/mol. The number of hydrogen-bond acceptors (Lipinski definition) is 9. The molecule has 2 N–H and O–H groups in total. The molecule has 0 aliphatic carbocycles. The average molecular weight is 612 g/mol. The Morgan fingerprint density at radius 2 is 1.88 bits per heavy atom. The summed E-state index contributed by atoms with van der Waals surface area (Å²) in [6.07, 6.45) is 1.51. The number of nitrogens with one attached hydrogen (secondary N) is 2. The van der Waals surface area contributed by atoms with Gasteiger partial charge in [0.2, 0.25) is 11.8 Å². The Labute approximate surface area is 242 Å². The van der Waals surface area contributed by atoms with Crippen LogP contribution in [0, 0.1) is 13.8 Å². The minimum Gasteiger partial charge on any atom is -0.337 e. The summed E-state index contributed by atoms with van der Waals surface area (Å²) in [6.45, 7) is 3.41. The molecule has 1 aliphatic heterocycles. The van der Waals surface area contributed by atoms with Crippen molar-refractivity contribution < 1.29 is 17.7 Å². The zero-order valence-electron chi connectivity index (χ0n) is 21.7. The summed E-state index contributed by atoms with van der Waals surface area (Å²) in [7, 11) is -3.92. The zero-order valence-corrected chi connectivity index (χ0v) is 24.0. The number of carbonyl (C=O) groups is 1. The Kier molecular flexibility index (Phi) is 6.83. The van der Waals surface area contributed by atoms with Gasteiger partial charge in [0.25, 0.3) is 15.6 Å². The van der Waals surface area contributed by atoms with E-state index < -0.39 is 16.1 Å². The number of fused-ring (bicyclic) bond motifs is 2. The van der Waals surface area contributed by atoms with E-state index in [2.05, 4.69) is 25.3 Å². The Morgan fingerprint density at radius 3 is 2.56 bits per heavy atom. The lowest BCUT2D eigenvalue weighted by atomic mass is 10.2. The van der Waals surface area contributed by atoms with Crippen molar-refractivity contribution >= 4 is 61.9 Å². The highest BCUT2D eigenvalue weighted by atomic mass is 35.5. The number of benzene rings is 2. The van der Waals surface area contributed by atoms with Gasteiger partial charge in [0.15, 0.2) is 10.8 Å². The van der Waals surface area contributed by atoms with E-state index in [9.17, 15) is 18.0 Å². The summed E-state index contributed by atoms with van der Waals surface area (Å²) in [6, 6.07) is 12.4. The number of nitrogens with zero attached hydrogens (tertiary/aromatic N) is 5. The minimum absolute atomic E-state index is 0.00846. The second-order valence-electron chi connectivity index (χ2n) is 9.41. The maximum absolute atomic E-state index is 13.4. The molecule has 4 heterocycles. The van der Waals surface area contributed by atoms with Crippen LogP contribution in [-0.2, 0) is 14.8 Å². The summed E-state index contributed by atoms with van der Waals surface area (Å²) in [5.41, 5.74) is 2.47. The normalized spacial score (nSPS) is 14.8. The SMILES string of the molecule is Cc1noc(NS(=O)(=O)c2ccc(NC(=O)CC3CSc4nc5c(cnn5-c5ccc(Cl)cc5)c(=O)n43)cc2)c1C. The molecule has 5 aromatic rings. The van der Waals surface area contributed by atoms with Crippen molar-refractivity contribution in [2.24, 2.45) is 0 Å². The van der Waals surface area contributed by atoms with Crippen molar-refractivity contribution in [2.45, 2.75) is 36.4 Å². The topological polar surface area (TPSA) is 154 Å². The van der Waals surface area contributed by atoms with Gasteiger partial charge in [-0.3, -0.25) is 14.2 Å². The van der Waals surface area contributed by atoms with Crippen LogP contribution in [0.5, 0.6) is 0 Å². The van der Waals surface area contributed by atoms with Gasteiger partial charge in [0.1, 0.15) is 5.39 Å². The number of anilines is 2. The summed E-state index contributed by atoms with van der Waals surface area (Å²) in [5, 5.41) is 12.3. The lowest BCUT2D eigenvalue weighted by Gasteiger charge is -2.14. The first-order chi connectivity index (χ1) is 19.6. The molecule has 1 atom stereocenters. The third-order valence-electron chi connectivity index (χ3n) is 6.70. The first kappa shape index (κ1) is 27.1. The number of halogens is 1. The summed E-state index contributed by atoms with van der Waals surface area (Å²) < 4.78 is 36.0. The molecule has 3 aromatic heterocycles. The van der Waals surface area contributed by atoms with E-state index in [0.717, 1.165) is 5.69 Å². The molecule has 0 saturated heterocycles. The van der Waals surface area contributed by atoms with E-state index in [-0.39, 0.29) is 28.7 Å². The Morgan fingerprint density at radius 1 is 1.15 bits per heavy atom. The zero-order chi connectivity index (χ0) is 28.9. The molecule has 0 fully saturated rings. The van der Waals surface area contributed by atoms with Crippen molar-refractivity contribution in [3.05, 3.63) is 81.4 Å². The fourth-order valence-electron chi connectivity index (χ4n) is 4.39. The highest BCUT2D eigenvalue weighted by molar-refractivity contribution is 7.99. The maximum atomic E-state index is 13.4. The van der Waals surface area contributed by atoms with Crippen LogP contribution in [0.4, 0.5) is 11.6 Å². The van der Waals surface area contributed by atoms with Gasteiger partial charge in [-0.1, -0.05) is 28.5 Å². The molecule has 1 unspecified atom stereocenters. The van der Waals surface area contributed by atoms with Crippen molar-refractivity contribution in [1.82, 2.24) is 24.5 Å². The van der Waals surface area contributed by atoms with Crippen LogP contribution in [0.2, 0.25) is 5.02 Å². The highest BCUT2D eigenvalue weighted by Gasteiger charge is 2.30. The lowest BCUT2D eigenvalue weighted by molar-refractivity contribution is -0.116. The molecule has 2 aromatic carbocycles. The molecule has 0 bridgehead atoms. The van der Waals surface area contributed by atoms with Crippen LogP contribution in [0.1, 0.15) is 23.7 Å². The van der Waals surface area contributed by atoms with Crippen LogP contribution in [0.15, 0.2) is 74.1 Å². The van der Waals surface area contributed by atoms with Gasteiger partial charge in [0.05, 0.1) is 28.5 Å². The van der Waals surface area contributed by atoms with Crippen molar-refractivity contribution in [3.63, 3.8) is 0 Å². The van der Waals surface area contributed by atoms with Crippen LogP contribution >= 0.6 is 23.4 Å².